The van der Waals surface area contributed by atoms with Crippen molar-refractivity contribution in [3.05, 3.63) is 58.4 Å². The molecule has 6 nitrogen and oxygen atoms in total. The maximum absolute atomic E-state index is 9.61. The van der Waals surface area contributed by atoms with Crippen LogP contribution in [0.5, 0.6) is 17.2 Å². The van der Waals surface area contributed by atoms with E-state index in [9.17, 15) is 5.21 Å². The molecule has 0 aliphatic rings. The van der Waals surface area contributed by atoms with Crippen LogP contribution in [0.2, 0.25) is 0 Å². The predicted molar refractivity (Wildman–Crippen MR) is 101 cm³/mol. The molecule has 3 aromatic rings. The third kappa shape index (κ3) is 3.34. The van der Waals surface area contributed by atoms with Crippen LogP contribution in [0.3, 0.4) is 0 Å². The van der Waals surface area contributed by atoms with Gasteiger partial charge in [0.15, 0.2) is 11.5 Å². The molecular formula is C19H18N2O4S. The largest absolute Gasteiger partial charge is 0.493 e. The topological polar surface area (TPSA) is 73.2 Å². The number of rotatable bonds is 6. The van der Waals surface area contributed by atoms with E-state index in [4.69, 9.17) is 14.2 Å². The summed E-state index contributed by atoms with van der Waals surface area (Å²) in [6.07, 6.45) is 0. The number of benzene rings is 2. The molecule has 0 bridgehead atoms. The van der Waals surface area contributed by atoms with E-state index < -0.39 is 0 Å². The molecular weight excluding hydrogens is 352 g/mol. The first-order valence-electron chi connectivity index (χ1n) is 7.75. The van der Waals surface area contributed by atoms with E-state index in [1.807, 2.05) is 35.7 Å². The van der Waals surface area contributed by atoms with Crippen molar-refractivity contribution in [3.8, 4) is 28.5 Å². The Bertz CT molecular complexity index is 897. The summed E-state index contributed by atoms with van der Waals surface area (Å²) in [5.41, 5.74) is 2.75. The predicted octanol–water partition coefficient (Wildman–Crippen LogP) is 4.06. The minimum absolute atomic E-state index is 0.330. The first kappa shape index (κ1) is 17.8. The van der Waals surface area contributed by atoms with Crippen molar-refractivity contribution in [1.29, 1.82) is 0 Å². The van der Waals surface area contributed by atoms with Crippen LogP contribution in [0.1, 0.15) is 10.6 Å². The van der Waals surface area contributed by atoms with Crippen LogP contribution in [0.4, 0.5) is 0 Å². The maximum Gasteiger partial charge on any atom is 0.203 e. The fourth-order valence-electron chi connectivity index (χ4n) is 2.57. The van der Waals surface area contributed by atoms with E-state index in [1.54, 1.807) is 12.1 Å². The van der Waals surface area contributed by atoms with Crippen LogP contribution >= 0.6 is 11.3 Å². The second kappa shape index (κ2) is 7.88. The van der Waals surface area contributed by atoms with E-state index in [-0.39, 0.29) is 0 Å². The van der Waals surface area contributed by atoms with Gasteiger partial charge in [-0.25, -0.2) is 4.98 Å². The van der Waals surface area contributed by atoms with Gasteiger partial charge in [-0.3, -0.25) is 0 Å². The summed E-state index contributed by atoms with van der Waals surface area (Å²) in [4.78, 5) is 4.60. The molecule has 1 N–H and O–H groups in total. The van der Waals surface area contributed by atoms with Crippen molar-refractivity contribution in [1.82, 2.24) is 4.98 Å². The molecule has 26 heavy (non-hydrogen) atoms. The molecule has 0 radical (unpaired) electrons. The highest BCUT2D eigenvalue weighted by Gasteiger charge is 2.19. The molecule has 0 amide bonds. The molecule has 1 heterocycles. The quantitative estimate of drug-likeness (QED) is 0.402. The van der Waals surface area contributed by atoms with Gasteiger partial charge in [0.05, 0.1) is 27.0 Å². The molecule has 0 saturated carbocycles. The lowest BCUT2D eigenvalue weighted by Gasteiger charge is -2.14. The van der Waals surface area contributed by atoms with Gasteiger partial charge in [0, 0.05) is 16.5 Å². The van der Waals surface area contributed by atoms with Gasteiger partial charge in [-0.15, -0.1) is 11.3 Å². The number of methoxy groups -OCH3 is 3. The Hall–Kier alpha value is -3.06. The Morgan fingerprint density at radius 1 is 1.00 bits per heavy atom. The molecule has 7 heteroatoms. The SMILES string of the molecule is COc1cc(C(=NO)c2nc(-c3ccccc3)cs2)cc(OC)c1OC. The Morgan fingerprint density at radius 3 is 2.19 bits per heavy atom. The Balaban J connectivity index is 2.04. The zero-order chi connectivity index (χ0) is 18.5. The van der Waals surface area contributed by atoms with E-state index >= 15 is 0 Å². The molecule has 134 valence electrons. The number of thiazole rings is 1. The highest BCUT2D eigenvalue weighted by molar-refractivity contribution is 7.12. The Kier molecular flexibility index (Phi) is 5.38. The lowest BCUT2D eigenvalue weighted by Crippen LogP contribution is -2.05. The van der Waals surface area contributed by atoms with E-state index in [0.29, 0.717) is 33.5 Å². The first-order valence-corrected chi connectivity index (χ1v) is 8.63. The standard InChI is InChI=1S/C19H18N2O4S/c1-23-15-9-13(10-16(24-2)18(15)25-3)17(21-22)19-20-14(11-26-19)12-7-5-4-6-8-12/h4-11,22H,1-3H3. The molecule has 0 spiro atoms. The molecule has 1 aromatic heterocycles. The number of ether oxygens (including phenoxy) is 3. The van der Waals surface area contributed by atoms with Crippen LogP contribution in [-0.4, -0.2) is 37.2 Å². The van der Waals surface area contributed by atoms with Gasteiger partial charge >= 0.3 is 0 Å². The van der Waals surface area contributed by atoms with Crippen LogP contribution in [0.25, 0.3) is 11.3 Å². The first-order chi connectivity index (χ1) is 12.7. The third-order valence-corrected chi connectivity index (χ3v) is 4.66. The normalized spacial score (nSPS) is 11.3. The molecule has 3 rings (SSSR count). The van der Waals surface area contributed by atoms with Crippen molar-refractivity contribution >= 4 is 17.0 Å². The third-order valence-electron chi connectivity index (χ3n) is 3.81. The average Bonchev–Trinajstić information content (AvgIpc) is 3.18. The van der Waals surface area contributed by atoms with Gasteiger partial charge in [-0.2, -0.15) is 0 Å². The van der Waals surface area contributed by atoms with Gasteiger partial charge in [0.25, 0.3) is 0 Å². The minimum atomic E-state index is 0.330. The van der Waals surface area contributed by atoms with Crippen LogP contribution in [-0.2, 0) is 0 Å². The fourth-order valence-corrected chi connectivity index (χ4v) is 3.40. The molecule has 0 aliphatic heterocycles. The number of aromatic nitrogens is 1. The van der Waals surface area contributed by atoms with Crippen molar-refractivity contribution in [2.75, 3.05) is 21.3 Å². The summed E-state index contributed by atoms with van der Waals surface area (Å²) in [5, 5.41) is 15.6. The second-order valence-corrected chi connectivity index (χ2v) is 6.12. The second-order valence-electron chi connectivity index (χ2n) is 5.27. The van der Waals surface area contributed by atoms with Crippen molar-refractivity contribution in [3.63, 3.8) is 0 Å². The van der Waals surface area contributed by atoms with Crippen LogP contribution in [0, 0.1) is 0 Å². The highest BCUT2D eigenvalue weighted by atomic mass is 32.1. The maximum atomic E-state index is 9.61. The lowest BCUT2D eigenvalue weighted by molar-refractivity contribution is 0.318. The number of hydrogen-bond acceptors (Lipinski definition) is 7. The highest BCUT2D eigenvalue weighted by Crippen LogP contribution is 2.39. The van der Waals surface area contributed by atoms with Gasteiger partial charge in [0.1, 0.15) is 10.7 Å². The Labute approximate surface area is 155 Å². The number of oxime groups is 1. The lowest BCUT2D eigenvalue weighted by atomic mass is 10.1. The van der Waals surface area contributed by atoms with Crippen molar-refractivity contribution in [2.45, 2.75) is 0 Å². The molecule has 0 fully saturated rings. The summed E-state index contributed by atoms with van der Waals surface area (Å²) in [6, 6.07) is 13.3. The monoisotopic (exact) mass is 370 g/mol. The zero-order valence-electron chi connectivity index (χ0n) is 14.6. The summed E-state index contributed by atoms with van der Waals surface area (Å²) in [7, 11) is 4.61. The smallest absolute Gasteiger partial charge is 0.203 e. The fraction of sp³-hybridized carbons (Fsp3) is 0.158. The summed E-state index contributed by atoms with van der Waals surface area (Å²) in [5.74, 6) is 1.42. The summed E-state index contributed by atoms with van der Waals surface area (Å²) in [6.45, 7) is 0. The molecule has 0 atom stereocenters. The van der Waals surface area contributed by atoms with E-state index in [0.717, 1.165) is 11.3 Å². The van der Waals surface area contributed by atoms with Crippen molar-refractivity contribution < 1.29 is 19.4 Å². The van der Waals surface area contributed by atoms with E-state index in [2.05, 4.69) is 10.1 Å². The summed E-state index contributed by atoms with van der Waals surface area (Å²) < 4.78 is 16.1. The van der Waals surface area contributed by atoms with Crippen LogP contribution in [0.15, 0.2) is 53.0 Å². The van der Waals surface area contributed by atoms with Gasteiger partial charge in [-0.1, -0.05) is 35.5 Å². The van der Waals surface area contributed by atoms with Crippen molar-refractivity contribution in [2.24, 2.45) is 5.16 Å². The summed E-state index contributed by atoms with van der Waals surface area (Å²) >= 11 is 1.39. The molecule has 0 unspecified atom stereocenters. The molecule has 2 aromatic carbocycles. The zero-order valence-corrected chi connectivity index (χ0v) is 15.4. The van der Waals surface area contributed by atoms with Gasteiger partial charge in [0.2, 0.25) is 5.75 Å². The number of hydrogen-bond donors (Lipinski definition) is 1. The molecule has 0 saturated heterocycles. The van der Waals surface area contributed by atoms with Gasteiger partial charge < -0.3 is 19.4 Å². The average molecular weight is 370 g/mol. The van der Waals surface area contributed by atoms with E-state index in [1.165, 1.54) is 32.7 Å². The Morgan fingerprint density at radius 2 is 1.65 bits per heavy atom. The van der Waals surface area contributed by atoms with Crippen LogP contribution < -0.4 is 14.2 Å². The molecule has 0 aliphatic carbocycles. The van der Waals surface area contributed by atoms with Gasteiger partial charge in [-0.05, 0) is 12.1 Å². The number of nitrogens with zero attached hydrogens (tertiary/aromatic N) is 2. The minimum Gasteiger partial charge on any atom is -0.493 e.